The van der Waals surface area contributed by atoms with Crippen LogP contribution in [0.2, 0.25) is 0 Å². The highest BCUT2D eigenvalue weighted by molar-refractivity contribution is 5.58. The molecule has 0 unspecified atom stereocenters. The van der Waals surface area contributed by atoms with Crippen LogP contribution in [0.5, 0.6) is 0 Å². The molecule has 7 nitrogen and oxygen atoms in total. The van der Waals surface area contributed by atoms with Gasteiger partial charge in [0.05, 0.1) is 23.3 Å². The number of ether oxygens (including phenoxy) is 1. The highest BCUT2D eigenvalue weighted by atomic mass is 16.5. The number of nitrogens with zero attached hydrogens (tertiary/aromatic N) is 6. The van der Waals surface area contributed by atoms with Gasteiger partial charge in [-0.05, 0) is 30.9 Å². The number of anilines is 1. The van der Waals surface area contributed by atoms with Crippen LogP contribution in [0.15, 0.2) is 12.3 Å². The number of methoxy groups -OCH3 is 1. The first kappa shape index (κ1) is 15.1. The third-order valence-corrected chi connectivity index (χ3v) is 5.02. The monoisotopic (exact) mass is 324 g/mol. The molecule has 2 aromatic heterocycles. The van der Waals surface area contributed by atoms with Crippen molar-refractivity contribution >= 4 is 5.82 Å². The molecule has 0 saturated carbocycles. The van der Waals surface area contributed by atoms with Gasteiger partial charge in [-0.25, -0.2) is 4.98 Å². The van der Waals surface area contributed by atoms with Gasteiger partial charge >= 0.3 is 0 Å². The Morgan fingerprint density at radius 1 is 1.33 bits per heavy atom. The van der Waals surface area contributed by atoms with Crippen molar-refractivity contribution in [2.24, 2.45) is 7.05 Å². The van der Waals surface area contributed by atoms with E-state index in [1.54, 1.807) is 11.8 Å². The van der Waals surface area contributed by atoms with Crippen LogP contribution in [-0.2, 0) is 24.6 Å². The van der Waals surface area contributed by atoms with Crippen molar-refractivity contribution in [3.8, 4) is 6.07 Å². The Balaban J connectivity index is 1.67. The first-order valence-electron chi connectivity index (χ1n) is 8.26. The van der Waals surface area contributed by atoms with E-state index in [0.29, 0.717) is 12.1 Å². The summed E-state index contributed by atoms with van der Waals surface area (Å²) in [6.45, 7) is 1.44. The van der Waals surface area contributed by atoms with E-state index >= 15 is 0 Å². The van der Waals surface area contributed by atoms with Crippen molar-refractivity contribution in [2.45, 2.75) is 31.3 Å². The molecular formula is C17H20N6O. The molecule has 0 radical (unpaired) electrons. The number of hydrogen-bond donors (Lipinski definition) is 0. The molecule has 1 aliphatic heterocycles. The first-order chi connectivity index (χ1) is 11.7. The molecule has 1 aliphatic carbocycles. The number of nitriles is 1. The zero-order chi connectivity index (χ0) is 16.7. The van der Waals surface area contributed by atoms with E-state index in [9.17, 15) is 5.26 Å². The Kier molecular flexibility index (Phi) is 3.69. The van der Waals surface area contributed by atoms with Crippen LogP contribution in [0.4, 0.5) is 5.82 Å². The van der Waals surface area contributed by atoms with Gasteiger partial charge in [-0.2, -0.15) is 5.26 Å². The molecule has 0 amide bonds. The quantitative estimate of drug-likeness (QED) is 0.844. The van der Waals surface area contributed by atoms with Gasteiger partial charge in [0, 0.05) is 39.1 Å². The molecule has 1 fully saturated rings. The van der Waals surface area contributed by atoms with Gasteiger partial charge in [-0.3, -0.25) is 4.68 Å². The Morgan fingerprint density at radius 3 is 2.92 bits per heavy atom. The van der Waals surface area contributed by atoms with Crippen molar-refractivity contribution in [1.29, 1.82) is 5.26 Å². The molecule has 7 heteroatoms. The number of rotatable bonds is 3. The normalized spacial score (nSPS) is 22.6. The van der Waals surface area contributed by atoms with Gasteiger partial charge in [0.2, 0.25) is 0 Å². The summed E-state index contributed by atoms with van der Waals surface area (Å²) in [4.78, 5) is 6.97. The molecule has 2 aromatic rings. The SMILES string of the molecule is CO[C@@H]1CN(c2nc3c(cc2C#N)CCC3)C[C@H]1c1cn(C)nn1. The van der Waals surface area contributed by atoms with Gasteiger partial charge in [-0.15, -0.1) is 5.10 Å². The second-order valence-corrected chi connectivity index (χ2v) is 6.53. The van der Waals surface area contributed by atoms with Gasteiger partial charge in [0.1, 0.15) is 11.9 Å². The summed E-state index contributed by atoms with van der Waals surface area (Å²) in [6, 6.07) is 4.33. The van der Waals surface area contributed by atoms with E-state index in [1.165, 1.54) is 5.56 Å². The summed E-state index contributed by atoms with van der Waals surface area (Å²) >= 11 is 0. The van der Waals surface area contributed by atoms with Crippen molar-refractivity contribution in [1.82, 2.24) is 20.0 Å². The fourth-order valence-electron chi connectivity index (χ4n) is 3.79. The lowest BCUT2D eigenvalue weighted by atomic mass is 10.0. The van der Waals surface area contributed by atoms with Gasteiger partial charge < -0.3 is 9.64 Å². The summed E-state index contributed by atoms with van der Waals surface area (Å²) in [5.74, 6) is 0.914. The Bertz CT molecular complexity index is 808. The van der Waals surface area contributed by atoms with Crippen molar-refractivity contribution < 1.29 is 4.74 Å². The van der Waals surface area contributed by atoms with Crippen LogP contribution in [0.25, 0.3) is 0 Å². The molecule has 0 aromatic carbocycles. The highest BCUT2D eigenvalue weighted by Crippen LogP contribution is 2.34. The Labute approximate surface area is 140 Å². The average Bonchev–Trinajstić information content (AvgIpc) is 3.31. The summed E-state index contributed by atoms with van der Waals surface area (Å²) in [5.41, 5.74) is 3.95. The third-order valence-electron chi connectivity index (χ3n) is 5.02. The number of aromatic nitrogens is 4. The fourth-order valence-corrected chi connectivity index (χ4v) is 3.79. The number of aryl methyl sites for hydroxylation is 3. The maximum atomic E-state index is 9.55. The molecule has 4 rings (SSSR count). The topological polar surface area (TPSA) is 79.9 Å². The molecule has 0 bridgehead atoms. The molecule has 24 heavy (non-hydrogen) atoms. The van der Waals surface area contributed by atoms with Crippen LogP contribution >= 0.6 is 0 Å². The number of hydrogen-bond acceptors (Lipinski definition) is 6. The second-order valence-electron chi connectivity index (χ2n) is 6.53. The second kappa shape index (κ2) is 5.87. The molecule has 124 valence electrons. The van der Waals surface area contributed by atoms with E-state index in [-0.39, 0.29) is 12.0 Å². The number of pyridine rings is 1. The molecule has 0 spiro atoms. The maximum absolute atomic E-state index is 9.55. The Morgan fingerprint density at radius 2 is 2.21 bits per heavy atom. The summed E-state index contributed by atoms with van der Waals surface area (Å²) < 4.78 is 7.38. The lowest BCUT2D eigenvalue weighted by Gasteiger charge is -2.19. The average molecular weight is 324 g/mol. The predicted octanol–water partition coefficient (Wildman–Crippen LogP) is 1.19. The van der Waals surface area contributed by atoms with E-state index in [2.05, 4.69) is 21.3 Å². The van der Waals surface area contributed by atoms with E-state index in [1.807, 2.05) is 19.3 Å². The van der Waals surface area contributed by atoms with Gasteiger partial charge in [0.15, 0.2) is 0 Å². The summed E-state index contributed by atoms with van der Waals surface area (Å²) in [5, 5.41) is 17.8. The van der Waals surface area contributed by atoms with Crippen LogP contribution in [0.3, 0.4) is 0 Å². The number of fused-ring (bicyclic) bond motifs is 1. The lowest BCUT2D eigenvalue weighted by molar-refractivity contribution is 0.105. The molecular weight excluding hydrogens is 304 g/mol. The molecule has 0 N–H and O–H groups in total. The smallest absolute Gasteiger partial charge is 0.146 e. The van der Waals surface area contributed by atoms with Gasteiger partial charge in [-0.1, -0.05) is 5.21 Å². The standard InChI is InChI=1S/C17H20N6O/c1-22-9-15(20-21-22)13-8-23(10-16(13)24-2)17-12(7-18)6-11-4-3-5-14(11)19-17/h6,9,13,16H,3-5,8,10H2,1-2H3/t13-,16+/m0/s1. The molecule has 1 saturated heterocycles. The highest BCUT2D eigenvalue weighted by Gasteiger charge is 2.37. The van der Waals surface area contributed by atoms with E-state index in [0.717, 1.165) is 43.0 Å². The van der Waals surface area contributed by atoms with Crippen LogP contribution in [-0.4, -0.2) is 46.3 Å². The lowest BCUT2D eigenvalue weighted by Crippen LogP contribution is -2.24. The zero-order valence-corrected chi connectivity index (χ0v) is 13.9. The minimum Gasteiger partial charge on any atom is -0.379 e. The summed E-state index contributed by atoms with van der Waals surface area (Å²) in [7, 11) is 3.58. The maximum Gasteiger partial charge on any atom is 0.146 e. The zero-order valence-electron chi connectivity index (χ0n) is 13.9. The van der Waals surface area contributed by atoms with Crippen LogP contribution in [0, 0.1) is 11.3 Å². The Hall–Kier alpha value is -2.46. The fraction of sp³-hybridized carbons (Fsp3) is 0.529. The van der Waals surface area contributed by atoms with Crippen molar-refractivity contribution in [3.63, 3.8) is 0 Å². The van der Waals surface area contributed by atoms with Crippen LogP contribution < -0.4 is 4.90 Å². The molecule has 3 heterocycles. The van der Waals surface area contributed by atoms with Crippen molar-refractivity contribution in [2.75, 3.05) is 25.1 Å². The predicted molar refractivity (Wildman–Crippen MR) is 87.7 cm³/mol. The minimum atomic E-state index is 0.0169. The minimum absolute atomic E-state index is 0.0169. The largest absolute Gasteiger partial charge is 0.379 e. The molecule has 2 aliphatic rings. The third kappa shape index (κ3) is 2.43. The van der Waals surface area contributed by atoms with Crippen molar-refractivity contribution in [3.05, 3.63) is 34.8 Å². The summed E-state index contributed by atoms with van der Waals surface area (Å²) in [6.07, 6.45) is 5.10. The first-order valence-corrected chi connectivity index (χ1v) is 8.26. The van der Waals surface area contributed by atoms with E-state index in [4.69, 9.17) is 9.72 Å². The van der Waals surface area contributed by atoms with Crippen LogP contribution in [0.1, 0.15) is 34.9 Å². The van der Waals surface area contributed by atoms with Gasteiger partial charge in [0.25, 0.3) is 0 Å². The van der Waals surface area contributed by atoms with E-state index < -0.39 is 0 Å². The molecule has 2 atom stereocenters.